The topological polar surface area (TPSA) is 94.2 Å². The number of nitrogens with zero attached hydrogens (tertiary/aromatic N) is 1. The molecule has 1 heterocycles. The molecule has 0 saturated heterocycles. The van der Waals surface area contributed by atoms with Crippen molar-refractivity contribution in [3.8, 4) is 17.2 Å². The van der Waals surface area contributed by atoms with Gasteiger partial charge in [0.15, 0.2) is 11.5 Å². The van der Waals surface area contributed by atoms with Gasteiger partial charge in [-0.25, -0.2) is 12.8 Å². The Balaban J connectivity index is 1.49. The van der Waals surface area contributed by atoms with Crippen molar-refractivity contribution in [2.24, 2.45) is 0 Å². The molecule has 8 nitrogen and oxygen atoms in total. The van der Waals surface area contributed by atoms with Crippen LogP contribution >= 0.6 is 0 Å². The summed E-state index contributed by atoms with van der Waals surface area (Å²) < 4.78 is 58.1. The minimum atomic E-state index is -4.14. The first-order valence-corrected chi connectivity index (χ1v) is 12.5. The van der Waals surface area contributed by atoms with E-state index in [1.165, 1.54) is 36.4 Å². The van der Waals surface area contributed by atoms with Crippen molar-refractivity contribution in [1.82, 2.24) is 5.32 Å². The Hall–Kier alpha value is -3.79. The molecule has 0 radical (unpaired) electrons. The molecule has 0 saturated carbocycles. The Bertz CT molecular complexity index is 1270. The SMILES string of the molecule is CCOc1ccc(S(=O)(=O)N(CC(=O)NC[C@@H]2COc3ccccc3O2)c2ccc(F)cc2)cc1. The monoisotopic (exact) mass is 500 g/mol. The Labute approximate surface area is 203 Å². The number of hydrogen-bond acceptors (Lipinski definition) is 6. The first-order chi connectivity index (χ1) is 16.9. The van der Waals surface area contributed by atoms with Crippen molar-refractivity contribution >= 4 is 21.6 Å². The van der Waals surface area contributed by atoms with Crippen molar-refractivity contribution in [3.05, 3.63) is 78.6 Å². The molecule has 0 bridgehead atoms. The summed E-state index contributed by atoms with van der Waals surface area (Å²) in [7, 11) is -4.14. The molecule has 0 spiro atoms. The molecule has 4 rings (SSSR count). The third-order valence-electron chi connectivity index (χ3n) is 5.22. The van der Waals surface area contributed by atoms with Gasteiger partial charge in [0.25, 0.3) is 10.0 Å². The molecule has 3 aromatic rings. The predicted octanol–water partition coefficient (Wildman–Crippen LogP) is 3.38. The Morgan fingerprint density at radius 2 is 1.74 bits per heavy atom. The minimum absolute atomic E-state index is 0.0290. The van der Waals surface area contributed by atoms with Crippen LogP contribution in [0.25, 0.3) is 0 Å². The number of fused-ring (bicyclic) bond motifs is 1. The zero-order valence-corrected chi connectivity index (χ0v) is 19.8. The number of carbonyl (C=O) groups is 1. The second-order valence-electron chi connectivity index (χ2n) is 7.69. The molecule has 1 atom stereocenters. The number of hydrogen-bond donors (Lipinski definition) is 1. The van der Waals surface area contributed by atoms with E-state index in [-0.39, 0.29) is 23.7 Å². The number of anilines is 1. The van der Waals surface area contributed by atoms with Gasteiger partial charge in [-0.3, -0.25) is 9.10 Å². The quantitative estimate of drug-likeness (QED) is 0.484. The lowest BCUT2D eigenvalue weighted by Crippen LogP contribution is -2.45. The van der Waals surface area contributed by atoms with Gasteiger partial charge in [0.1, 0.15) is 30.8 Å². The van der Waals surface area contributed by atoms with E-state index >= 15 is 0 Å². The number of halogens is 1. The molecule has 0 aromatic heterocycles. The van der Waals surface area contributed by atoms with Crippen molar-refractivity contribution in [3.63, 3.8) is 0 Å². The minimum Gasteiger partial charge on any atom is -0.494 e. The molecule has 184 valence electrons. The summed E-state index contributed by atoms with van der Waals surface area (Å²) in [4.78, 5) is 12.8. The number of carbonyl (C=O) groups excluding carboxylic acids is 1. The number of nitrogens with one attached hydrogen (secondary N) is 1. The Morgan fingerprint density at radius 3 is 2.43 bits per heavy atom. The highest BCUT2D eigenvalue weighted by Gasteiger charge is 2.28. The van der Waals surface area contributed by atoms with Crippen LogP contribution in [0.15, 0.2) is 77.7 Å². The highest BCUT2D eigenvalue weighted by molar-refractivity contribution is 7.92. The molecule has 1 aliphatic rings. The van der Waals surface area contributed by atoms with E-state index < -0.39 is 34.4 Å². The van der Waals surface area contributed by atoms with E-state index in [1.54, 1.807) is 12.1 Å². The zero-order chi connectivity index (χ0) is 24.8. The molecular formula is C25H25FN2O6S. The van der Waals surface area contributed by atoms with Crippen molar-refractivity contribution in [2.75, 3.05) is 30.6 Å². The zero-order valence-electron chi connectivity index (χ0n) is 19.0. The van der Waals surface area contributed by atoms with Crippen molar-refractivity contribution in [2.45, 2.75) is 17.9 Å². The largest absolute Gasteiger partial charge is 0.494 e. The lowest BCUT2D eigenvalue weighted by molar-refractivity contribution is -0.120. The van der Waals surface area contributed by atoms with Crippen LogP contribution in [-0.2, 0) is 14.8 Å². The molecule has 0 aliphatic carbocycles. The summed E-state index contributed by atoms with van der Waals surface area (Å²) in [5, 5.41) is 2.70. The average Bonchev–Trinajstić information content (AvgIpc) is 2.87. The maximum Gasteiger partial charge on any atom is 0.264 e. The van der Waals surface area contributed by atoms with Crippen molar-refractivity contribution in [1.29, 1.82) is 0 Å². The predicted molar refractivity (Wildman–Crippen MR) is 128 cm³/mol. The van der Waals surface area contributed by atoms with Gasteiger partial charge in [-0.15, -0.1) is 0 Å². The van der Waals surface area contributed by atoms with Crippen LogP contribution in [0.1, 0.15) is 6.92 Å². The molecule has 1 amide bonds. The van der Waals surface area contributed by atoms with Crippen LogP contribution in [0.5, 0.6) is 17.2 Å². The smallest absolute Gasteiger partial charge is 0.264 e. The van der Waals surface area contributed by atoms with Crippen molar-refractivity contribution < 1.29 is 31.8 Å². The second kappa shape index (κ2) is 10.6. The number of amides is 1. The van der Waals surface area contributed by atoms with Crippen LogP contribution in [0.4, 0.5) is 10.1 Å². The maximum atomic E-state index is 13.5. The first-order valence-electron chi connectivity index (χ1n) is 11.0. The molecule has 3 aromatic carbocycles. The number of benzene rings is 3. The van der Waals surface area contributed by atoms with Gasteiger partial charge in [-0.2, -0.15) is 0 Å². The van der Waals surface area contributed by atoms with E-state index in [9.17, 15) is 17.6 Å². The second-order valence-corrected chi connectivity index (χ2v) is 9.56. The summed E-state index contributed by atoms with van der Waals surface area (Å²) in [5.41, 5.74) is 0.154. The van der Waals surface area contributed by atoms with Crippen LogP contribution < -0.4 is 23.8 Å². The lowest BCUT2D eigenvalue weighted by atomic mass is 10.2. The molecule has 10 heteroatoms. The number of ether oxygens (including phenoxy) is 3. The molecule has 35 heavy (non-hydrogen) atoms. The van der Waals surface area contributed by atoms with Crippen LogP contribution in [0, 0.1) is 5.82 Å². The Morgan fingerprint density at radius 1 is 1.06 bits per heavy atom. The lowest BCUT2D eigenvalue weighted by Gasteiger charge is -2.27. The van der Waals surface area contributed by atoms with E-state index in [0.29, 0.717) is 23.9 Å². The van der Waals surface area contributed by atoms with Gasteiger partial charge >= 0.3 is 0 Å². The highest BCUT2D eigenvalue weighted by Crippen LogP contribution is 2.30. The third kappa shape index (κ3) is 5.83. The van der Waals surface area contributed by atoms with Gasteiger partial charge in [-0.05, 0) is 67.6 Å². The van der Waals surface area contributed by atoms with Crippen LogP contribution in [0.3, 0.4) is 0 Å². The van der Waals surface area contributed by atoms with Gasteiger partial charge in [-0.1, -0.05) is 12.1 Å². The summed E-state index contributed by atoms with van der Waals surface area (Å²) in [6.07, 6.45) is -0.434. The highest BCUT2D eigenvalue weighted by atomic mass is 32.2. The molecular weight excluding hydrogens is 475 g/mol. The van der Waals surface area contributed by atoms with Gasteiger partial charge in [0.2, 0.25) is 5.91 Å². The number of rotatable bonds is 9. The Kier molecular flexibility index (Phi) is 7.40. The van der Waals surface area contributed by atoms with Gasteiger partial charge in [0, 0.05) is 0 Å². The van der Waals surface area contributed by atoms with Gasteiger partial charge in [0.05, 0.1) is 23.7 Å². The number of sulfonamides is 1. The average molecular weight is 501 g/mol. The molecule has 0 unspecified atom stereocenters. The van der Waals surface area contributed by atoms with E-state index in [1.807, 2.05) is 19.1 Å². The van der Waals surface area contributed by atoms with E-state index in [4.69, 9.17) is 14.2 Å². The number of para-hydroxylation sites is 2. The summed E-state index contributed by atoms with van der Waals surface area (Å²) in [6.45, 7) is 2.11. The standard InChI is InChI=1S/C25H25FN2O6S/c1-2-32-20-11-13-22(14-12-20)35(30,31)28(19-9-7-18(26)8-10-19)16-25(29)27-15-21-17-33-23-5-3-4-6-24(23)34-21/h3-14,21H,2,15-17H2,1H3,(H,27,29)/t21-/m1/s1. The van der Waals surface area contributed by atoms with Crippen LogP contribution in [0.2, 0.25) is 0 Å². The first kappa shape index (κ1) is 24.3. The summed E-state index contributed by atoms with van der Waals surface area (Å²) >= 11 is 0. The summed E-state index contributed by atoms with van der Waals surface area (Å²) in [5.74, 6) is 0.648. The fourth-order valence-electron chi connectivity index (χ4n) is 3.50. The summed E-state index contributed by atoms with van der Waals surface area (Å²) in [6, 6.07) is 18.0. The molecule has 1 aliphatic heterocycles. The van der Waals surface area contributed by atoms with E-state index in [2.05, 4.69) is 5.32 Å². The molecule has 1 N–H and O–H groups in total. The fourth-order valence-corrected chi connectivity index (χ4v) is 4.92. The maximum absolute atomic E-state index is 13.5. The fraction of sp³-hybridized carbons (Fsp3) is 0.240. The van der Waals surface area contributed by atoms with Gasteiger partial charge < -0.3 is 19.5 Å². The van der Waals surface area contributed by atoms with E-state index in [0.717, 1.165) is 16.4 Å². The van der Waals surface area contributed by atoms with Crippen LogP contribution in [-0.4, -0.2) is 46.7 Å². The normalized spacial score (nSPS) is 14.7. The molecule has 0 fully saturated rings. The third-order valence-corrected chi connectivity index (χ3v) is 7.01.